The van der Waals surface area contributed by atoms with E-state index >= 15 is 0 Å². The van der Waals surface area contributed by atoms with Gasteiger partial charge in [0.25, 0.3) is 0 Å². The lowest BCUT2D eigenvalue weighted by Gasteiger charge is -2.23. The van der Waals surface area contributed by atoms with E-state index in [0.717, 1.165) is 13.0 Å². The van der Waals surface area contributed by atoms with Crippen molar-refractivity contribution in [3.8, 4) is 0 Å². The molecular formula is C11H26ClN3O. The van der Waals surface area contributed by atoms with Gasteiger partial charge in [0.05, 0.1) is 6.54 Å². The van der Waals surface area contributed by atoms with E-state index in [-0.39, 0.29) is 24.4 Å². The molecule has 0 aromatic carbocycles. The Morgan fingerprint density at radius 1 is 1.31 bits per heavy atom. The molecule has 0 aromatic heterocycles. The number of hydrogen-bond donors (Lipinski definition) is 2. The molecule has 0 fully saturated rings. The summed E-state index contributed by atoms with van der Waals surface area (Å²) in [6.07, 6.45) is 1.02. The molecule has 98 valence electrons. The lowest BCUT2D eigenvalue weighted by Crippen LogP contribution is -2.45. The largest absolute Gasteiger partial charge is 0.351 e. The summed E-state index contributed by atoms with van der Waals surface area (Å²) in [5.74, 6) is 0.676. The van der Waals surface area contributed by atoms with Gasteiger partial charge < -0.3 is 15.5 Å². The number of rotatable bonds is 7. The number of amides is 1. The van der Waals surface area contributed by atoms with Crippen molar-refractivity contribution in [2.75, 3.05) is 34.2 Å². The van der Waals surface area contributed by atoms with Gasteiger partial charge in [-0.1, -0.05) is 13.8 Å². The fourth-order valence-corrected chi connectivity index (χ4v) is 1.63. The third kappa shape index (κ3) is 10.2. The first-order valence-electron chi connectivity index (χ1n) is 5.54. The number of nitrogens with one attached hydrogen (secondary N) is 2. The molecule has 16 heavy (non-hydrogen) atoms. The molecule has 5 heteroatoms. The van der Waals surface area contributed by atoms with Crippen LogP contribution in [0, 0.1) is 5.92 Å². The number of carbonyl (C=O) groups is 1. The second-order valence-corrected chi connectivity index (χ2v) is 4.69. The average molecular weight is 252 g/mol. The Balaban J connectivity index is 0. The molecule has 0 rings (SSSR count). The third-order valence-electron chi connectivity index (χ3n) is 2.04. The standard InChI is InChI=1S/C11H25N3O.ClH/c1-9(2)6-10(8-14(4)5)13-11(15)7-12-3;/h9-10,12H,6-8H2,1-5H3,(H,13,15);1H. The first kappa shape index (κ1) is 18.1. The smallest absolute Gasteiger partial charge is 0.234 e. The van der Waals surface area contributed by atoms with Gasteiger partial charge in [0.2, 0.25) is 5.91 Å². The van der Waals surface area contributed by atoms with Crippen molar-refractivity contribution in [1.29, 1.82) is 0 Å². The van der Waals surface area contributed by atoms with Crippen LogP contribution in [-0.2, 0) is 4.79 Å². The summed E-state index contributed by atoms with van der Waals surface area (Å²) in [7, 11) is 5.83. The molecule has 4 nitrogen and oxygen atoms in total. The van der Waals surface area contributed by atoms with Crippen LogP contribution in [0.4, 0.5) is 0 Å². The highest BCUT2D eigenvalue weighted by Crippen LogP contribution is 2.05. The Labute approximate surface area is 106 Å². The first-order chi connectivity index (χ1) is 6.95. The number of likely N-dealkylation sites (N-methyl/N-ethyl adjacent to an activating group) is 2. The van der Waals surface area contributed by atoms with Gasteiger partial charge in [0, 0.05) is 12.6 Å². The highest BCUT2D eigenvalue weighted by atomic mass is 35.5. The first-order valence-corrected chi connectivity index (χ1v) is 5.54. The maximum absolute atomic E-state index is 11.4. The van der Waals surface area contributed by atoms with Gasteiger partial charge in [-0.25, -0.2) is 0 Å². The Hall–Kier alpha value is -0.320. The summed E-state index contributed by atoms with van der Waals surface area (Å²) < 4.78 is 0. The van der Waals surface area contributed by atoms with Gasteiger partial charge in [-0.05, 0) is 33.5 Å². The van der Waals surface area contributed by atoms with E-state index in [0.29, 0.717) is 12.5 Å². The average Bonchev–Trinajstić information content (AvgIpc) is 2.00. The van der Waals surface area contributed by atoms with Crippen LogP contribution in [0.1, 0.15) is 20.3 Å². The number of hydrogen-bond acceptors (Lipinski definition) is 3. The topological polar surface area (TPSA) is 44.4 Å². The second-order valence-electron chi connectivity index (χ2n) is 4.69. The zero-order valence-corrected chi connectivity index (χ0v) is 11.9. The molecule has 0 aliphatic heterocycles. The van der Waals surface area contributed by atoms with Crippen LogP contribution in [0.2, 0.25) is 0 Å². The highest BCUT2D eigenvalue weighted by molar-refractivity contribution is 5.85. The van der Waals surface area contributed by atoms with Crippen molar-refractivity contribution in [1.82, 2.24) is 15.5 Å². The predicted octanol–water partition coefficient (Wildman–Crippen LogP) is 0.720. The van der Waals surface area contributed by atoms with Crippen molar-refractivity contribution < 1.29 is 4.79 Å². The molecule has 0 spiro atoms. The number of carbonyl (C=O) groups excluding carboxylic acids is 1. The van der Waals surface area contributed by atoms with Gasteiger partial charge in [0.1, 0.15) is 0 Å². The third-order valence-corrected chi connectivity index (χ3v) is 2.04. The molecule has 2 N–H and O–H groups in total. The van der Waals surface area contributed by atoms with E-state index in [1.807, 2.05) is 14.1 Å². The normalized spacial score (nSPS) is 12.4. The van der Waals surface area contributed by atoms with Crippen molar-refractivity contribution in [3.05, 3.63) is 0 Å². The lowest BCUT2D eigenvalue weighted by molar-refractivity contribution is -0.121. The fourth-order valence-electron chi connectivity index (χ4n) is 1.63. The van der Waals surface area contributed by atoms with E-state index in [2.05, 4.69) is 29.4 Å². The molecule has 0 aliphatic rings. The number of nitrogens with zero attached hydrogens (tertiary/aromatic N) is 1. The maximum atomic E-state index is 11.4. The quantitative estimate of drug-likeness (QED) is 0.701. The van der Waals surface area contributed by atoms with Crippen LogP contribution in [0.5, 0.6) is 0 Å². The van der Waals surface area contributed by atoms with Crippen LogP contribution >= 0.6 is 12.4 Å². The molecular weight excluding hydrogens is 226 g/mol. The zero-order chi connectivity index (χ0) is 11.8. The Morgan fingerprint density at radius 3 is 2.25 bits per heavy atom. The monoisotopic (exact) mass is 251 g/mol. The van der Waals surface area contributed by atoms with Crippen LogP contribution in [0.15, 0.2) is 0 Å². The zero-order valence-electron chi connectivity index (χ0n) is 11.0. The summed E-state index contributed by atoms with van der Waals surface area (Å²) in [5.41, 5.74) is 0. The van der Waals surface area contributed by atoms with Gasteiger partial charge >= 0.3 is 0 Å². The van der Waals surface area contributed by atoms with Gasteiger partial charge in [-0.3, -0.25) is 4.79 Å². The van der Waals surface area contributed by atoms with Crippen LogP contribution in [0.25, 0.3) is 0 Å². The SMILES string of the molecule is CNCC(=O)NC(CC(C)C)CN(C)C.Cl. The summed E-state index contributed by atoms with van der Waals surface area (Å²) >= 11 is 0. The van der Waals surface area contributed by atoms with Gasteiger partial charge in [0.15, 0.2) is 0 Å². The van der Waals surface area contributed by atoms with E-state index in [9.17, 15) is 4.79 Å². The minimum atomic E-state index is 0. The molecule has 0 heterocycles. The molecule has 1 atom stereocenters. The molecule has 1 unspecified atom stereocenters. The van der Waals surface area contributed by atoms with Gasteiger partial charge in [-0.2, -0.15) is 0 Å². The van der Waals surface area contributed by atoms with Crippen molar-refractivity contribution in [2.24, 2.45) is 5.92 Å². The molecule has 0 saturated heterocycles. The van der Waals surface area contributed by atoms with E-state index < -0.39 is 0 Å². The van der Waals surface area contributed by atoms with E-state index in [4.69, 9.17) is 0 Å². The highest BCUT2D eigenvalue weighted by Gasteiger charge is 2.14. The second kappa shape index (κ2) is 9.87. The summed E-state index contributed by atoms with van der Waals surface area (Å²) in [4.78, 5) is 13.5. The Morgan fingerprint density at radius 2 is 1.88 bits per heavy atom. The Kier molecular flexibility index (Phi) is 11.1. The summed E-state index contributed by atoms with van der Waals surface area (Å²) in [6.45, 7) is 5.63. The van der Waals surface area contributed by atoms with E-state index in [1.54, 1.807) is 7.05 Å². The van der Waals surface area contributed by atoms with Crippen LogP contribution < -0.4 is 10.6 Å². The number of halogens is 1. The van der Waals surface area contributed by atoms with Crippen molar-refractivity contribution in [2.45, 2.75) is 26.3 Å². The van der Waals surface area contributed by atoms with Crippen molar-refractivity contribution in [3.63, 3.8) is 0 Å². The lowest BCUT2D eigenvalue weighted by atomic mass is 10.0. The molecule has 0 bridgehead atoms. The van der Waals surface area contributed by atoms with Gasteiger partial charge in [-0.15, -0.1) is 12.4 Å². The molecule has 0 aromatic rings. The predicted molar refractivity (Wildman–Crippen MR) is 71.1 cm³/mol. The molecule has 0 aliphatic carbocycles. The molecule has 0 radical (unpaired) electrons. The molecule has 1 amide bonds. The fraction of sp³-hybridized carbons (Fsp3) is 0.909. The molecule has 0 saturated carbocycles. The maximum Gasteiger partial charge on any atom is 0.234 e. The summed E-state index contributed by atoms with van der Waals surface area (Å²) in [6, 6.07) is 0.251. The van der Waals surface area contributed by atoms with Crippen LogP contribution in [-0.4, -0.2) is 51.1 Å². The summed E-state index contributed by atoms with van der Waals surface area (Å²) in [5, 5.41) is 5.89. The van der Waals surface area contributed by atoms with Crippen LogP contribution in [0.3, 0.4) is 0 Å². The van der Waals surface area contributed by atoms with E-state index in [1.165, 1.54) is 0 Å². The van der Waals surface area contributed by atoms with Crippen molar-refractivity contribution >= 4 is 18.3 Å². The minimum absolute atomic E-state index is 0. The Bertz CT molecular complexity index is 176. The minimum Gasteiger partial charge on any atom is -0.351 e.